The van der Waals surface area contributed by atoms with Crippen LogP contribution in [-0.4, -0.2) is 31.2 Å². The van der Waals surface area contributed by atoms with Gasteiger partial charge in [-0.3, -0.25) is 4.79 Å². The number of aliphatic hydroxyl groups excluding tert-OH is 1. The number of rotatable bonds is 4. The predicted octanol–water partition coefficient (Wildman–Crippen LogP) is 1.59. The first-order valence-electron chi connectivity index (χ1n) is 5.84. The first-order valence-corrected chi connectivity index (χ1v) is 5.84. The summed E-state index contributed by atoms with van der Waals surface area (Å²) in [6.07, 6.45) is 2.99. The number of fused-ring (bicyclic) bond motifs is 1. The van der Waals surface area contributed by atoms with Crippen LogP contribution >= 0.6 is 0 Å². The third-order valence-corrected chi connectivity index (χ3v) is 2.74. The Hall–Kier alpha value is -1.55. The number of aldehydes is 1. The molecule has 1 aliphatic heterocycles. The number of carbonyl (C=O) groups excluding carboxylic acids is 1. The van der Waals surface area contributed by atoms with Crippen molar-refractivity contribution >= 4 is 6.29 Å². The zero-order valence-electron chi connectivity index (χ0n) is 9.65. The van der Waals surface area contributed by atoms with Crippen LogP contribution in [0.25, 0.3) is 0 Å². The maximum Gasteiger partial charge on any atom is 0.171 e. The van der Waals surface area contributed by atoms with E-state index in [1.54, 1.807) is 6.07 Å². The fraction of sp³-hybridized carbons (Fsp3) is 0.462. The van der Waals surface area contributed by atoms with E-state index in [0.29, 0.717) is 36.7 Å². The number of hydrogen-bond acceptors (Lipinski definition) is 4. The Bertz CT molecular complexity index is 401. The molecule has 4 nitrogen and oxygen atoms in total. The lowest BCUT2D eigenvalue weighted by Crippen LogP contribution is -2.00. The fourth-order valence-corrected chi connectivity index (χ4v) is 1.89. The van der Waals surface area contributed by atoms with Gasteiger partial charge in [0.2, 0.25) is 0 Å². The lowest BCUT2D eigenvalue weighted by molar-refractivity contribution is 0.111. The summed E-state index contributed by atoms with van der Waals surface area (Å²) in [6, 6.07) is 3.61. The highest BCUT2D eigenvalue weighted by Crippen LogP contribution is 2.36. The molecule has 1 aromatic rings. The van der Waals surface area contributed by atoms with Crippen molar-refractivity contribution in [2.24, 2.45) is 0 Å². The predicted molar refractivity (Wildman–Crippen MR) is 62.8 cm³/mol. The van der Waals surface area contributed by atoms with Crippen LogP contribution in [0.2, 0.25) is 0 Å². The number of carbonyl (C=O) groups is 1. The third kappa shape index (κ3) is 2.58. The highest BCUT2D eigenvalue weighted by Gasteiger charge is 2.18. The summed E-state index contributed by atoms with van der Waals surface area (Å²) in [5.41, 5.74) is 1.51. The molecule has 0 saturated heterocycles. The molecule has 0 bridgehead atoms. The molecule has 1 N–H and O–H groups in total. The van der Waals surface area contributed by atoms with E-state index in [0.717, 1.165) is 24.7 Å². The molecule has 2 rings (SSSR count). The van der Waals surface area contributed by atoms with E-state index in [-0.39, 0.29) is 6.61 Å². The van der Waals surface area contributed by atoms with E-state index >= 15 is 0 Å². The average molecular weight is 236 g/mol. The first kappa shape index (κ1) is 11.9. The van der Waals surface area contributed by atoms with Gasteiger partial charge in [-0.25, -0.2) is 0 Å². The van der Waals surface area contributed by atoms with Crippen LogP contribution in [-0.2, 0) is 6.42 Å². The molecule has 4 heteroatoms. The molecule has 0 fully saturated rings. The lowest BCUT2D eigenvalue weighted by Gasteiger charge is -2.13. The molecule has 0 spiro atoms. The Kier molecular flexibility index (Phi) is 3.98. The highest BCUT2D eigenvalue weighted by atomic mass is 16.5. The second-order valence-corrected chi connectivity index (χ2v) is 3.97. The van der Waals surface area contributed by atoms with Crippen LogP contribution in [0.1, 0.15) is 28.8 Å². The normalized spacial score (nSPS) is 14.2. The Morgan fingerprint density at radius 1 is 1.24 bits per heavy atom. The van der Waals surface area contributed by atoms with E-state index in [1.165, 1.54) is 0 Å². The van der Waals surface area contributed by atoms with E-state index < -0.39 is 0 Å². The maximum absolute atomic E-state index is 10.9. The molecule has 0 unspecified atom stereocenters. The van der Waals surface area contributed by atoms with E-state index in [9.17, 15) is 4.79 Å². The van der Waals surface area contributed by atoms with Crippen LogP contribution in [0.5, 0.6) is 11.5 Å². The SMILES string of the molecule is O=Cc1ccc(CCCO)c2c1OCCCO2. The van der Waals surface area contributed by atoms with Crippen LogP contribution in [0, 0.1) is 0 Å². The van der Waals surface area contributed by atoms with Crippen molar-refractivity contribution in [1.82, 2.24) is 0 Å². The van der Waals surface area contributed by atoms with Crippen molar-refractivity contribution in [1.29, 1.82) is 0 Å². The van der Waals surface area contributed by atoms with Crippen molar-refractivity contribution in [3.05, 3.63) is 23.3 Å². The van der Waals surface area contributed by atoms with Crippen molar-refractivity contribution in [2.45, 2.75) is 19.3 Å². The Balaban J connectivity index is 2.37. The quantitative estimate of drug-likeness (QED) is 0.806. The van der Waals surface area contributed by atoms with Gasteiger partial charge in [-0.1, -0.05) is 6.07 Å². The van der Waals surface area contributed by atoms with Gasteiger partial charge in [-0.15, -0.1) is 0 Å². The molecule has 17 heavy (non-hydrogen) atoms. The largest absolute Gasteiger partial charge is 0.489 e. The van der Waals surface area contributed by atoms with Crippen LogP contribution in [0.3, 0.4) is 0 Å². The molecule has 0 saturated carbocycles. The molecular formula is C13H16O4. The molecule has 92 valence electrons. The second kappa shape index (κ2) is 5.68. The molecule has 1 aliphatic rings. The standard InChI is InChI=1S/C13H16O4/c14-6-1-3-10-4-5-11(9-15)13-12(10)16-7-2-8-17-13/h4-5,9,14H,1-3,6-8H2. The number of aliphatic hydroxyl groups is 1. The zero-order chi connectivity index (χ0) is 12.1. The van der Waals surface area contributed by atoms with Crippen molar-refractivity contribution in [3.63, 3.8) is 0 Å². The molecule has 0 atom stereocenters. The van der Waals surface area contributed by atoms with Gasteiger partial charge in [0, 0.05) is 13.0 Å². The first-order chi connectivity index (χ1) is 8.36. The van der Waals surface area contributed by atoms with Crippen LogP contribution in [0.15, 0.2) is 12.1 Å². The Morgan fingerprint density at radius 2 is 2.00 bits per heavy atom. The number of benzene rings is 1. The van der Waals surface area contributed by atoms with E-state index in [4.69, 9.17) is 14.6 Å². The van der Waals surface area contributed by atoms with Gasteiger partial charge in [0.05, 0.1) is 18.8 Å². The van der Waals surface area contributed by atoms with Gasteiger partial charge in [0.15, 0.2) is 17.8 Å². The van der Waals surface area contributed by atoms with Crippen LogP contribution < -0.4 is 9.47 Å². The van der Waals surface area contributed by atoms with Gasteiger partial charge in [0.25, 0.3) is 0 Å². The van der Waals surface area contributed by atoms with E-state index in [1.807, 2.05) is 6.07 Å². The van der Waals surface area contributed by atoms with E-state index in [2.05, 4.69) is 0 Å². The average Bonchev–Trinajstić information content (AvgIpc) is 2.61. The van der Waals surface area contributed by atoms with Crippen molar-refractivity contribution < 1.29 is 19.4 Å². The van der Waals surface area contributed by atoms with Gasteiger partial charge in [-0.2, -0.15) is 0 Å². The lowest BCUT2D eigenvalue weighted by atomic mass is 10.0. The maximum atomic E-state index is 10.9. The second-order valence-electron chi connectivity index (χ2n) is 3.97. The minimum absolute atomic E-state index is 0.144. The summed E-state index contributed by atoms with van der Waals surface area (Å²) in [6.45, 7) is 1.31. The Morgan fingerprint density at radius 3 is 2.71 bits per heavy atom. The molecule has 0 amide bonds. The smallest absolute Gasteiger partial charge is 0.171 e. The monoisotopic (exact) mass is 236 g/mol. The number of ether oxygens (including phenoxy) is 2. The molecule has 0 radical (unpaired) electrons. The minimum atomic E-state index is 0.144. The van der Waals surface area contributed by atoms with Gasteiger partial charge >= 0.3 is 0 Å². The minimum Gasteiger partial charge on any atom is -0.489 e. The zero-order valence-corrected chi connectivity index (χ0v) is 9.65. The summed E-state index contributed by atoms with van der Waals surface area (Å²) < 4.78 is 11.2. The van der Waals surface area contributed by atoms with Gasteiger partial charge in [-0.05, 0) is 24.5 Å². The van der Waals surface area contributed by atoms with Crippen molar-refractivity contribution in [3.8, 4) is 11.5 Å². The molecule has 0 aromatic heterocycles. The topological polar surface area (TPSA) is 55.8 Å². The van der Waals surface area contributed by atoms with Crippen LogP contribution in [0.4, 0.5) is 0 Å². The third-order valence-electron chi connectivity index (χ3n) is 2.74. The number of aryl methyl sites for hydroxylation is 1. The molecular weight excluding hydrogens is 220 g/mol. The summed E-state index contributed by atoms with van der Waals surface area (Å²) in [4.78, 5) is 10.9. The molecule has 1 aromatic carbocycles. The summed E-state index contributed by atoms with van der Waals surface area (Å²) in [7, 11) is 0. The highest BCUT2D eigenvalue weighted by molar-refractivity contribution is 5.82. The fourth-order valence-electron chi connectivity index (χ4n) is 1.89. The van der Waals surface area contributed by atoms with Gasteiger partial charge in [0.1, 0.15) is 0 Å². The summed E-state index contributed by atoms with van der Waals surface area (Å²) in [5.74, 6) is 1.22. The molecule has 1 heterocycles. The van der Waals surface area contributed by atoms with Gasteiger partial charge < -0.3 is 14.6 Å². The summed E-state index contributed by atoms with van der Waals surface area (Å²) >= 11 is 0. The van der Waals surface area contributed by atoms with Crippen molar-refractivity contribution in [2.75, 3.05) is 19.8 Å². The summed E-state index contributed by atoms with van der Waals surface area (Å²) in [5, 5.41) is 8.86. The molecule has 0 aliphatic carbocycles. The Labute approximate surface area is 100 Å². The number of hydrogen-bond donors (Lipinski definition) is 1.